The van der Waals surface area contributed by atoms with Crippen molar-refractivity contribution in [3.8, 4) is 11.3 Å². The Morgan fingerprint density at radius 2 is 1.71 bits per heavy atom. The van der Waals surface area contributed by atoms with E-state index in [9.17, 15) is 13.6 Å². The van der Waals surface area contributed by atoms with E-state index < -0.39 is 5.76 Å². The summed E-state index contributed by atoms with van der Waals surface area (Å²) in [6, 6.07) is 17.4. The maximum absolute atomic E-state index is 12.3. The summed E-state index contributed by atoms with van der Waals surface area (Å²) in [6.07, 6.45) is 1.85. The highest BCUT2D eigenvalue weighted by atomic mass is 32.2. The van der Waals surface area contributed by atoms with Crippen LogP contribution in [0.1, 0.15) is 10.4 Å². The molecule has 24 heavy (non-hydrogen) atoms. The van der Waals surface area contributed by atoms with Gasteiger partial charge in [-0.15, -0.1) is 0 Å². The molecule has 0 aliphatic carbocycles. The molecular formula is C18H14F2N2OS. The molecule has 0 radical (unpaired) electrons. The molecule has 122 valence electrons. The second kappa shape index (κ2) is 7.31. The van der Waals surface area contributed by atoms with E-state index in [1.165, 1.54) is 24.3 Å². The number of hydrogen-bond acceptors (Lipinski definition) is 2. The number of hydrogen-bond donors (Lipinski definition) is 2. The van der Waals surface area contributed by atoms with E-state index in [0.29, 0.717) is 27.9 Å². The molecule has 0 spiro atoms. The van der Waals surface area contributed by atoms with Gasteiger partial charge in [0.15, 0.2) is 0 Å². The van der Waals surface area contributed by atoms with Gasteiger partial charge in [-0.05, 0) is 54.1 Å². The predicted octanol–water partition coefficient (Wildman–Crippen LogP) is 5.25. The van der Waals surface area contributed by atoms with Gasteiger partial charge in [-0.2, -0.15) is 8.78 Å². The second-order valence-electron chi connectivity index (χ2n) is 5.02. The van der Waals surface area contributed by atoms with Gasteiger partial charge >= 0.3 is 0 Å². The molecule has 3 aromatic rings. The molecule has 2 N–H and O–H groups in total. The molecule has 1 heterocycles. The number of aromatic amines is 1. The number of nitrogens with one attached hydrogen (secondary N) is 2. The first-order chi connectivity index (χ1) is 11.6. The summed E-state index contributed by atoms with van der Waals surface area (Å²) in [5, 5.41) is 2.79. The standard InChI is InChI=1S/C18H14F2N2OS/c19-18(20)24-15-9-5-13(6-10-15)17(23)22-14-7-3-12(4-8-14)16-2-1-11-21-16/h1-11,18,21H,(H,22,23). The zero-order valence-electron chi connectivity index (χ0n) is 12.5. The zero-order chi connectivity index (χ0) is 16.9. The first-order valence-electron chi connectivity index (χ1n) is 7.22. The van der Waals surface area contributed by atoms with E-state index in [1.54, 1.807) is 0 Å². The van der Waals surface area contributed by atoms with Gasteiger partial charge in [0.05, 0.1) is 0 Å². The molecule has 0 saturated carbocycles. The lowest BCUT2D eigenvalue weighted by Gasteiger charge is -2.07. The van der Waals surface area contributed by atoms with Gasteiger partial charge in [0, 0.05) is 28.0 Å². The maximum Gasteiger partial charge on any atom is 0.288 e. The number of amides is 1. The Kier molecular flexibility index (Phi) is 4.96. The lowest BCUT2D eigenvalue weighted by Crippen LogP contribution is -2.11. The van der Waals surface area contributed by atoms with Crippen molar-refractivity contribution in [1.82, 2.24) is 4.98 Å². The molecule has 0 aliphatic heterocycles. The number of thioether (sulfide) groups is 1. The smallest absolute Gasteiger partial charge is 0.288 e. The minimum Gasteiger partial charge on any atom is -0.361 e. The van der Waals surface area contributed by atoms with E-state index in [-0.39, 0.29) is 5.91 Å². The summed E-state index contributed by atoms with van der Waals surface area (Å²) in [7, 11) is 0. The molecule has 2 aromatic carbocycles. The summed E-state index contributed by atoms with van der Waals surface area (Å²) in [5.74, 6) is -2.75. The number of alkyl halides is 2. The second-order valence-corrected chi connectivity index (χ2v) is 6.08. The van der Waals surface area contributed by atoms with Gasteiger partial charge in [0.1, 0.15) is 0 Å². The van der Waals surface area contributed by atoms with Crippen molar-refractivity contribution in [2.45, 2.75) is 10.7 Å². The molecule has 3 nitrogen and oxygen atoms in total. The number of anilines is 1. The van der Waals surface area contributed by atoms with Crippen LogP contribution in [0, 0.1) is 0 Å². The Morgan fingerprint density at radius 3 is 2.29 bits per heavy atom. The maximum atomic E-state index is 12.3. The highest BCUT2D eigenvalue weighted by molar-refractivity contribution is 7.99. The van der Waals surface area contributed by atoms with Crippen LogP contribution in [0.5, 0.6) is 0 Å². The third-order valence-corrected chi connectivity index (χ3v) is 4.12. The fourth-order valence-electron chi connectivity index (χ4n) is 2.23. The largest absolute Gasteiger partial charge is 0.361 e. The summed E-state index contributed by atoms with van der Waals surface area (Å²) < 4.78 is 24.6. The van der Waals surface area contributed by atoms with Gasteiger partial charge in [-0.25, -0.2) is 0 Å². The molecular weight excluding hydrogens is 330 g/mol. The highest BCUT2D eigenvalue weighted by Gasteiger charge is 2.09. The molecule has 0 unspecified atom stereocenters. The Balaban J connectivity index is 1.66. The van der Waals surface area contributed by atoms with Crippen LogP contribution < -0.4 is 5.32 Å². The number of halogens is 2. The third-order valence-electron chi connectivity index (χ3n) is 3.39. The lowest BCUT2D eigenvalue weighted by molar-refractivity contribution is 0.102. The molecule has 6 heteroatoms. The first-order valence-corrected chi connectivity index (χ1v) is 8.10. The monoisotopic (exact) mass is 344 g/mol. The molecule has 0 fully saturated rings. The lowest BCUT2D eigenvalue weighted by atomic mass is 10.1. The SMILES string of the molecule is O=C(Nc1ccc(-c2ccc[nH]2)cc1)c1ccc(SC(F)F)cc1. The molecule has 1 aromatic heterocycles. The van der Waals surface area contributed by atoms with E-state index in [4.69, 9.17) is 0 Å². The van der Waals surface area contributed by atoms with Crippen LogP contribution in [0.3, 0.4) is 0 Å². The quantitative estimate of drug-likeness (QED) is 0.621. The van der Waals surface area contributed by atoms with Crippen molar-refractivity contribution in [3.05, 3.63) is 72.4 Å². The van der Waals surface area contributed by atoms with Crippen LogP contribution >= 0.6 is 11.8 Å². The zero-order valence-corrected chi connectivity index (χ0v) is 13.3. The topological polar surface area (TPSA) is 44.9 Å². The van der Waals surface area contributed by atoms with Gasteiger partial charge < -0.3 is 10.3 Å². The van der Waals surface area contributed by atoms with Crippen molar-refractivity contribution in [3.63, 3.8) is 0 Å². The normalized spacial score (nSPS) is 10.8. The van der Waals surface area contributed by atoms with Crippen LogP contribution in [-0.4, -0.2) is 16.6 Å². The molecule has 3 rings (SSSR count). The predicted molar refractivity (Wildman–Crippen MR) is 92.5 cm³/mol. The first kappa shape index (κ1) is 16.3. The molecule has 1 amide bonds. The van der Waals surface area contributed by atoms with Crippen molar-refractivity contribution < 1.29 is 13.6 Å². The number of carbonyl (C=O) groups excluding carboxylic acids is 1. The Hall–Kier alpha value is -2.60. The van der Waals surface area contributed by atoms with Crippen molar-refractivity contribution >= 4 is 23.4 Å². The fourth-order valence-corrected chi connectivity index (χ4v) is 2.73. The summed E-state index contributed by atoms with van der Waals surface area (Å²) in [6.45, 7) is 0. The van der Waals surface area contributed by atoms with Crippen LogP contribution in [0.4, 0.5) is 14.5 Å². The highest BCUT2D eigenvalue weighted by Crippen LogP contribution is 2.25. The molecule has 0 saturated heterocycles. The molecule has 0 aliphatic rings. The minimum atomic E-state index is -2.47. The average molecular weight is 344 g/mol. The van der Waals surface area contributed by atoms with Crippen LogP contribution in [0.2, 0.25) is 0 Å². The third kappa shape index (κ3) is 4.02. The van der Waals surface area contributed by atoms with Crippen molar-refractivity contribution in [2.75, 3.05) is 5.32 Å². The van der Waals surface area contributed by atoms with Crippen LogP contribution in [0.15, 0.2) is 71.8 Å². The number of carbonyl (C=O) groups is 1. The summed E-state index contributed by atoms with van der Waals surface area (Å²) >= 11 is 0.455. The Bertz CT molecular complexity index is 800. The van der Waals surface area contributed by atoms with Gasteiger partial charge in [-0.3, -0.25) is 4.79 Å². The fraction of sp³-hybridized carbons (Fsp3) is 0.0556. The van der Waals surface area contributed by atoms with Gasteiger partial charge in [0.25, 0.3) is 11.7 Å². The summed E-state index contributed by atoms with van der Waals surface area (Å²) in [5.41, 5.74) is 3.11. The number of aromatic nitrogens is 1. The van der Waals surface area contributed by atoms with E-state index in [0.717, 1.165) is 11.3 Å². The van der Waals surface area contributed by atoms with Crippen LogP contribution in [0.25, 0.3) is 11.3 Å². The number of H-pyrrole nitrogens is 1. The Labute approximate surface area is 142 Å². The van der Waals surface area contributed by atoms with Gasteiger partial charge in [0.2, 0.25) is 0 Å². The Morgan fingerprint density at radius 1 is 1.00 bits per heavy atom. The van der Waals surface area contributed by atoms with Gasteiger partial charge in [-0.1, -0.05) is 23.9 Å². The van der Waals surface area contributed by atoms with E-state index in [1.807, 2.05) is 42.6 Å². The molecule has 0 atom stereocenters. The minimum absolute atomic E-state index is 0.281. The van der Waals surface area contributed by atoms with E-state index in [2.05, 4.69) is 10.3 Å². The van der Waals surface area contributed by atoms with E-state index >= 15 is 0 Å². The van der Waals surface area contributed by atoms with Crippen molar-refractivity contribution in [2.24, 2.45) is 0 Å². The summed E-state index contributed by atoms with van der Waals surface area (Å²) in [4.78, 5) is 15.7. The average Bonchev–Trinajstić information content (AvgIpc) is 3.10. The van der Waals surface area contributed by atoms with Crippen LogP contribution in [-0.2, 0) is 0 Å². The number of rotatable bonds is 5. The molecule has 0 bridgehead atoms. The number of benzene rings is 2. The van der Waals surface area contributed by atoms with Crippen molar-refractivity contribution in [1.29, 1.82) is 0 Å².